The van der Waals surface area contributed by atoms with Crippen LogP contribution in [-0.4, -0.2) is 17.4 Å². The molecule has 0 fully saturated rings. The van der Waals surface area contributed by atoms with Crippen LogP contribution in [0.1, 0.15) is 25.7 Å². The molecular weight excluding hydrogens is 257 g/mol. The van der Waals surface area contributed by atoms with Gasteiger partial charge in [-0.05, 0) is 37.6 Å². The Labute approximate surface area is 117 Å². The van der Waals surface area contributed by atoms with Gasteiger partial charge in [0.2, 0.25) is 5.91 Å². The summed E-state index contributed by atoms with van der Waals surface area (Å²) in [4.78, 5) is 15.8. The largest absolute Gasteiger partial charge is 0.330 e. The molecule has 0 unspecified atom stereocenters. The molecule has 0 atom stereocenters. The predicted molar refractivity (Wildman–Crippen MR) is 77.9 cm³/mol. The Morgan fingerprint density at radius 3 is 2.95 bits per heavy atom. The lowest BCUT2D eigenvalue weighted by Crippen LogP contribution is -2.12. The van der Waals surface area contributed by atoms with Gasteiger partial charge in [-0.3, -0.25) is 9.78 Å². The molecule has 106 valence electrons. The molecule has 1 amide bonds. The topological polar surface area (TPSA) is 68.0 Å². The molecule has 0 radical (unpaired) electrons. The molecule has 0 aliphatic carbocycles. The first-order valence-corrected chi connectivity index (χ1v) is 6.74. The van der Waals surface area contributed by atoms with Gasteiger partial charge in [0.05, 0.1) is 5.69 Å². The first-order chi connectivity index (χ1) is 9.70. The van der Waals surface area contributed by atoms with E-state index in [1.807, 2.05) is 0 Å². The van der Waals surface area contributed by atoms with Gasteiger partial charge in [-0.2, -0.15) is 0 Å². The van der Waals surface area contributed by atoms with E-state index in [0.717, 1.165) is 24.6 Å². The number of anilines is 1. The third-order valence-electron chi connectivity index (χ3n) is 3.10. The molecule has 1 aromatic heterocycles. The molecule has 1 aromatic carbocycles. The number of aromatic nitrogens is 1. The lowest BCUT2D eigenvalue weighted by Gasteiger charge is -2.09. The van der Waals surface area contributed by atoms with Gasteiger partial charge in [0, 0.05) is 29.6 Å². The highest BCUT2D eigenvalue weighted by Gasteiger charge is 2.08. The summed E-state index contributed by atoms with van der Waals surface area (Å²) in [6, 6.07) is 4.50. The molecule has 2 aromatic rings. The second kappa shape index (κ2) is 6.96. The minimum absolute atomic E-state index is 0.106. The van der Waals surface area contributed by atoms with Crippen molar-refractivity contribution in [3.8, 4) is 0 Å². The van der Waals surface area contributed by atoms with Crippen molar-refractivity contribution in [2.24, 2.45) is 5.73 Å². The van der Waals surface area contributed by atoms with Crippen LogP contribution in [0, 0.1) is 5.82 Å². The highest BCUT2D eigenvalue weighted by molar-refractivity contribution is 6.01. The summed E-state index contributed by atoms with van der Waals surface area (Å²) in [6.07, 6.45) is 6.26. The molecule has 0 saturated heterocycles. The summed E-state index contributed by atoms with van der Waals surface area (Å²) in [6.45, 7) is 0.642. The van der Waals surface area contributed by atoms with Crippen LogP contribution in [-0.2, 0) is 4.79 Å². The number of nitrogens with two attached hydrogens (primary N) is 1. The lowest BCUT2D eigenvalue weighted by molar-refractivity contribution is -0.116. The molecule has 3 N–H and O–H groups in total. The summed E-state index contributed by atoms with van der Waals surface area (Å²) in [5, 5.41) is 4.23. The van der Waals surface area contributed by atoms with Crippen molar-refractivity contribution in [3.05, 3.63) is 36.4 Å². The molecule has 0 aliphatic rings. The Hall–Kier alpha value is -2.01. The number of fused-ring (bicyclic) bond motifs is 1. The zero-order valence-corrected chi connectivity index (χ0v) is 11.2. The Morgan fingerprint density at radius 1 is 1.30 bits per heavy atom. The third kappa shape index (κ3) is 3.74. The number of nitrogens with zero attached hydrogens (tertiary/aromatic N) is 1. The number of benzene rings is 1. The van der Waals surface area contributed by atoms with E-state index in [0.29, 0.717) is 24.0 Å². The van der Waals surface area contributed by atoms with Crippen LogP contribution in [0.5, 0.6) is 0 Å². The fourth-order valence-electron chi connectivity index (χ4n) is 2.10. The quantitative estimate of drug-likeness (QED) is 0.796. The summed E-state index contributed by atoms with van der Waals surface area (Å²) in [5.74, 6) is -0.491. The average molecular weight is 275 g/mol. The Balaban J connectivity index is 2.07. The number of nitrogens with one attached hydrogen (secondary N) is 1. The number of carbonyl (C=O) groups is 1. The fourth-order valence-corrected chi connectivity index (χ4v) is 2.10. The smallest absolute Gasteiger partial charge is 0.224 e. The summed E-state index contributed by atoms with van der Waals surface area (Å²) >= 11 is 0. The summed E-state index contributed by atoms with van der Waals surface area (Å²) in [7, 11) is 0. The monoisotopic (exact) mass is 275 g/mol. The molecule has 0 spiro atoms. The number of rotatable bonds is 6. The summed E-state index contributed by atoms with van der Waals surface area (Å²) < 4.78 is 13.5. The highest BCUT2D eigenvalue weighted by atomic mass is 19.1. The van der Waals surface area contributed by atoms with Crippen LogP contribution in [0.3, 0.4) is 0 Å². The first-order valence-electron chi connectivity index (χ1n) is 6.74. The number of amides is 1. The minimum Gasteiger partial charge on any atom is -0.330 e. The molecule has 0 saturated carbocycles. The number of carbonyl (C=O) groups excluding carboxylic acids is 1. The Bertz CT molecular complexity index is 601. The van der Waals surface area contributed by atoms with Gasteiger partial charge >= 0.3 is 0 Å². The zero-order valence-electron chi connectivity index (χ0n) is 11.2. The Morgan fingerprint density at radius 2 is 2.15 bits per heavy atom. The van der Waals surface area contributed by atoms with Crippen molar-refractivity contribution in [2.45, 2.75) is 25.7 Å². The normalized spacial score (nSPS) is 10.7. The number of hydrogen-bond donors (Lipinski definition) is 2. The maximum atomic E-state index is 13.5. The average Bonchev–Trinajstić information content (AvgIpc) is 2.43. The SMILES string of the molecule is NCCCCCC(=O)Nc1cc(F)cc2cnccc12. The molecule has 4 nitrogen and oxygen atoms in total. The van der Waals surface area contributed by atoms with Crippen molar-refractivity contribution in [2.75, 3.05) is 11.9 Å². The van der Waals surface area contributed by atoms with E-state index in [1.165, 1.54) is 12.1 Å². The van der Waals surface area contributed by atoms with Gasteiger partial charge in [-0.15, -0.1) is 0 Å². The van der Waals surface area contributed by atoms with Crippen LogP contribution in [0.25, 0.3) is 10.8 Å². The van der Waals surface area contributed by atoms with E-state index in [-0.39, 0.29) is 11.7 Å². The van der Waals surface area contributed by atoms with Crippen LogP contribution >= 0.6 is 0 Å². The second-order valence-corrected chi connectivity index (χ2v) is 4.70. The number of halogens is 1. The first kappa shape index (κ1) is 14.4. The molecule has 20 heavy (non-hydrogen) atoms. The van der Waals surface area contributed by atoms with E-state index in [2.05, 4.69) is 10.3 Å². The van der Waals surface area contributed by atoms with E-state index >= 15 is 0 Å². The highest BCUT2D eigenvalue weighted by Crippen LogP contribution is 2.24. The van der Waals surface area contributed by atoms with Crippen molar-refractivity contribution in [1.82, 2.24) is 4.98 Å². The van der Waals surface area contributed by atoms with Gasteiger partial charge < -0.3 is 11.1 Å². The molecule has 0 aliphatic heterocycles. The fraction of sp³-hybridized carbons (Fsp3) is 0.333. The molecule has 5 heteroatoms. The van der Waals surface area contributed by atoms with Crippen LogP contribution < -0.4 is 11.1 Å². The maximum absolute atomic E-state index is 13.5. The number of pyridine rings is 1. The van der Waals surface area contributed by atoms with Crippen molar-refractivity contribution >= 4 is 22.4 Å². The second-order valence-electron chi connectivity index (χ2n) is 4.70. The third-order valence-corrected chi connectivity index (χ3v) is 3.10. The number of hydrogen-bond acceptors (Lipinski definition) is 3. The van der Waals surface area contributed by atoms with E-state index in [1.54, 1.807) is 18.5 Å². The van der Waals surface area contributed by atoms with Gasteiger partial charge in [0.1, 0.15) is 5.82 Å². The molecule has 2 rings (SSSR count). The van der Waals surface area contributed by atoms with Crippen LogP contribution in [0.4, 0.5) is 10.1 Å². The van der Waals surface area contributed by atoms with Gasteiger partial charge in [0.25, 0.3) is 0 Å². The molecular formula is C15H18FN3O. The number of unbranched alkanes of at least 4 members (excludes halogenated alkanes) is 2. The van der Waals surface area contributed by atoms with Gasteiger partial charge in [0.15, 0.2) is 0 Å². The summed E-state index contributed by atoms with van der Waals surface area (Å²) in [5.41, 5.74) is 5.89. The predicted octanol–water partition coefficient (Wildman–Crippen LogP) is 2.83. The van der Waals surface area contributed by atoms with Gasteiger partial charge in [-0.1, -0.05) is 6.42 Å². The van der Waals surface area contributed by atoms with E-state index in [9.17, 15) is 9.18 Å². The molecule has 1 heterocycles. The van der Waals surface area contributed by atoms with Crippen molar-refractivity contribution in [3.63, 3.8) is 0 Å². The molecule has 0 bridgehead atoms. The standard InChI is InChI=1S/C15H18FN3O/c16-12-8-11-10-18-7-5-13(11)14(9-12)19-15(20)4-2-1-3-6-17/h5,7-10H,1-4,6,17H2,(H,19,20). The zero-order chi connectivity index (χ0) is 14.4. The Kier molecular flexibility index (Phi) is 5.01. The van der Waals surface area contributed by atoms with Crippen molar-refractivity contribution in [1.29, 1.82) is 0 Å². The van der Waals surface area contributed by atoms with Crippen LogP contribution in [0.2, 0.25) is 0 Å². The van der Waals surface area contributed by atoms with Gasteiger partial charge in [-0.25, -0.2) is 4.39 Å². The maximum Gasteiger partial charge on any atom is 0.224 e. The van der Waals surface area contributed by atoms with E-state index in [4.69, 9.17) is 5.73 Å². The van der Waals surface area contributed by atoms with Crippen molar-refractivity contribution < 1.29 is 9.18 Å². The minimum atomic E-state index is -0.385. The lowest BCUT2D eigenvalue weighted by atomic mass is 10.1. The van der Waals surface area contributed by atoms with E-state index < -0.39 is 0 Å². The van der Waals surface area contributed by atoms with Crippen LogP contribution in [0.15, 0.2) is 30.6 Å².